The van der Waals surface area contributed by atoms with Crippen molar-refractivity contribution in [2.75, 3.05) is 24.6 Å². The van der Waals surface area contributed by atoms with Crippen LogP contribution in [0.15, 0.2) is 78.9 Å². The Kier molecular flexibility index (Phi) is 8.87. The molecule has 4 aliphatic rings. The summed E-state index contributed by atoms with van der Waals surface area (Å²) in [6, 6.07) is 20.9. The van der Waals surface area contributed by atoms with Gasteiger partial charge in [-0.1, -0.05) is 67.1 Å². The van der Waals surface area contributed by atoms with Crippen LogP contribution in [0.1, 0.15) is 66.1 Å². The van der Waals surface area contributed by atoms with Gasteiger partial charge in [-0.05, 0) is 110 Å². The van der Waals surface area contributed by atoms with E-state index in [4.69, 9.17) is 16.3 Å². The molecule has 0 radical (unpaired) electrons. The number of rotatable bonds is 2. The van der Waals surface area contributed by atoms with E-state index in [-0.39, 0.29) is 35.2 Å². The molecule has 7 nitrogen and oxygen atoms in total. The number of fused-ring (bicyclic) bond motifs is 4. The number of aliphatic hydroxyl groups excluding tert-OH is 1. The molecule has 3 aromatic rings. The SMILES string of the molecule is C[C@H]1C/C=C/[C@H](O)[C@@H]2CC[C@H]2CN2C[C@@]3(CCCc4cc(Cl)ccc43)COc3ccc(cc32)C(=O)NS(=O)(=O)[C@H]1Cc1ccccc1. The minimum absolute atomic E-state index is 0.103. The summed E-state index contributed by atoms with van der Waals surface area (Å²) in [7, 11) is -4.07. The first-order chi connectivity index (χ1) is 22.6. The lowest BCUT2D eigenvalue weighted by molar-refractivity contribution is 0.0456. The second-order valence-electron chi connectivity index (χ2n) is 14.1. The fourth-order valence-electron chi connectivity index (χ4n) is 8.26. The minimum atomic E-state index is -4.07. The van der Waals surface area contributed by atoms with Crippen molar-refractivity contribution in [2.45, 2.75) is 68.6 Å². The number of hydrogen-bond acceptors (Lipinski definition) is 6. The molecule has 2 aliphatic carbocycles. The molecule has 7 rings (SSSR count). The third-order valence-corrected chi connectivity index (χ3v) is 13.2. The molecule has 0 saturated heterocycles. The fraction of sp³-hybridized carbons (Fsp3) is 0.447. The van der Waals surface area contributed by atoms with Crippen LogP contribution in [0.4, 0.5) is 5.69 Å². The summed E-state index contributed by atoms with van der Waals surface area (Å²) in [4.78, 5) is 16.1. The quantitative estimate of drug-likeness (QED) is 0.303. The van der Waals surface area contributed by atoms with Crippen LogP contribution in [-0.2, 0) is 28.3 Å². The number of benzene rings is 3. The van der Waals surface area contributed by atoms with Gasteiger partial charge in [0.25, 0.3) is 5.91 Å². The third kappa shape index (κ3) is 6.44. The number of amides is 1. The van der Waals surface area contributed by atoms with E-state index in [9.17, 15) is 18.3 Å². The lowest BCUT2D eigenvalue weighted by Gasteiger charge is -2.45. The second kappa shape index (κ2) is 12.9. The summed E-state index contributed by atoms with van der Waals surface area (Å²) >= 11 is 6.42. The number of carbonyl (C=O) groups is 1. The molecular weight excluding hydrogens is 632 g/mol. The van der Waals surface area contributed by atoms with Crippen molar-refractivity contribution in [3.05, 3.63) is 106 Å². The van der Waals surface area contributed by atoms with Crippen molar-refractivity contribution in [1.29, 1.82) is 0 Å². The highest BCUT2D eigenvalue weighted by Gasteiger charge is 2.44. The lowest BCUT2D eigenvalue weighted by Crippen LogP contribution is -2.49. The van der Waals surface area contributed by atoms with Crippen molar-refractivity contribution >= 4 is 33.2 Å². The molecule has 3 aromatic carbocycles. The highest BCUT2D eigenvalue weighted by Crippen LogP contribution is 2.46. The van der Waals surface area contributed by atoms with Crippen molar-refractivity contribution in [2.24, 2.45) is 17.8 Å². The molecule has 248 valence electrons. The molecule has 0 aromatic heterocycles. The lowest BCUT2D eigenvalue weighted by atomic mass is 9.68. The molecule has 6 atom stereocenters. The molecule has 2 aliphatic heterocycles. The zero-order valence-electron chi connectivity index (χ0n) is 26.8. The summed E-state index contributed by atoms with van der Waals surface area (Å²) in [5, 5.41) is 11.2. The Balaban J connectivity index is 1.28. The van der Waals surface area contributed by atoms with Crippen LogP contribution in [0.2, 0.25) is 5.02 Å². The smallest absolute Gasteiger partial charge is 0.264 e. The van der Waals surface area contributed by atoms with Gasteiger partial charge in [-0.3, -0.25) is 4.79 Å². The number of halogens is 1. The maximum absolute atomic E-state index is 13.9. The fourth-order valence-corrected chi connectivity index (χ4v) is 10.1. The van der Waals surface area contributed by atoms with E-state index < -0.39 is 27.3 Å². The minimum Gasteiger partial charge on any atom is -0.490 e. The van der Waals surface area contributed by atoms with Gasteiger partial charge >= 0.3 is 0 Å². The topological polar surface area (TPSA) is 95.9 Å². The van der Waals surface area contributed by atoms with Gasteiger partial charge in [-0.15, -0.1) is 0 Å². The Morgan fingerprint density at radius 2 is 1.91 bits per heavy atom. The Labute approximate surface area is 283 Å². The Hall–Kier alpha value is -3.33. The Morgan fingerprint density at radius 1 is 1.09 bits per heavy atom. The number of aryl methyl sites for hydroxylation is 1. The molecule has 0 unspecified atom stereocenters. The number of allylic oxidation sites excluding steroid dienone is 1. The predicted molar refractivity (Wildman–Crippen MR) is 186 cm³/mol. The number of hydrogen-bond donors (Lipinski definition) is 2. The van der Waals surface area contributed by atoms with Gasteiger partial charge in [0, 0.05) is 29.1 Å². The molecule has 1 spiro atoms. The average molecular weight is 675 g/mol. The summed E-state index contributed by atoms with van der Waals surface area (Å²) in [6.45, 7) is 3.77. The van der Waals surface area contributed by atoms with Crippen molar-refractivity contribution in [3.8, 4) is 5.75 Å². The number of nitrogens with zero attached hydrogens (tertiary/aromatic N) is 1. The van der Waals surface area contributed by atoms with Gasteiger partial charge in [0.2, 0.25) is 10.0 Å². The van der Waals surface area contributed by atoms with E-state index in [0.29, 0.717) is 31.9 Å². The molecular formula is C38H43ClN2O5S. The van der Waals surface area contributed by atoms with Crippen LogP contribution in [0, 0.1) is 17.8 Å². The summed E-state index contributed by atoms with van der Waals surface area (Å²) in [5.41, 5.74) is 4.17. The summed E-state index contributed by atoms with van der Waals surface area (Å²) in [6.07, 6.45) is 8.78. The molecule has 1 saturated carbocycles. The number of nitrogens with one attached hydrogen (secondary N) is 1. The van der Waals surface area contributed by atoms with Crippen LogP contribution in [-0.4, -0.2) is 50.5 Å². The van der Waals surface area contributed by atoms with Crippen LogP contribution >= 0.6 is 11.6 Å². The summed E-state index contributed by atoms with van der Waals surface area (Å²) in [5.74, 6) is 0.102. The number of carbonyl (C=O) groups excluding carboxylic acids is 1. The molecule has 2 N–H and O–H groups in total. The number of ether oxygens (including phenoxy) is 1. The number of anilines is 1. The highest BCUT2D eigenvalue weighted by atomic mass is 35.5. The predicted octanol–water partition coefficient (Wildman–Crippen LogP) is 6.47. The van der Waals surface area contributed by atoms with Gasteiger partial charge < -0.3 is 14.7 Å². The first-order valence-electron chi connectivity index (χ1n) is 16.9. The first kappa shape index (κ1) is 32.2. The number of aliphatic hydroxyl groups is 1. The molecule has 1 fully saturated rings. The molecule has 2 heterocycles. The second-order valence-corrected chi connectivity index (χ2v) is 16.5. The van der Waals surface area contributed by atoms with Crippen molar-refractivity contribution in [3.63, 3.8) is 0 Å². The van der Waals surface area contributed by atoms with Gasteiger partial charge in [0.1, 0.15) is 5.75 Å². The molecule has 9 heteroatoms. The highest BCUT2D eigenvalue weighted by molar-refractivity contribution is 7.90. The van der Waals surface area contributed by atoms with Gasteiger partial charge in [-0.2, -0.15) is 0 Å². The van der Waals surface area contributed by atoms with Crippen LogP contribution in [0.25, 0.3) is 0 Å². The Bertz CT molecular complexity index is 1780. The van der Waals surface area contributed by atoms with Gasteiger partial charge in [-0.25, -0.2) is 13.1 Å². The zero-order valence-corrected chi connectivity index (χ0v) is 28.3. The first-order valence-corrected chi connectivity index (χ1v) is 18.8. The standard InChI is InChI=1S/C38H43ClN2O5S/c1-25-7-5-11-34(42)31-15-12-29(31)22-41-23-38(18-6-10-27-20-30(39)14-16-32(27)38)24-46-35-17-13-28(21-33(35)41)37(43)40-47(44,45)36(25)19-26-8-3-2-4-9-26/h2-5,8-9,11,13-14,16-17,20-21,25,29,31,34,36,42H,6-7,10,12,15,18-19,22-24H2,1H3,(H,40,43)/b11-5+/t25-,29-,31+,34-,36-,38-/m0/s1. The van der Waals surface area contributed by atoms with Crippen LogP contribution < -0.4 is 14.4 Å². The average Bonchev–Trinajstić information content (AvgIpc) is 3.18. The van der Waals surface area contributed by atoms with E-state index in [1.165, 1.54) is 11.1 Å². The van der Waals surface area contributed by atoms with Gasteiger partial charge in [0.05, 0.1) is 23.6 Å². The monoisotopic (exact) mass is 674 g/mol. The Morgan fingerprint density at radius 3 is 2.70 bits per heavy atom. The van der Waals surface area contributed by atoms with Crippen molar-refractivity contribution in [1.82, 2.24) is 4.72 Å². The maximum atomic E-state index is 13.9. The van der Waals surface area contributed by atoms with Crippen LogP contribution in [0.5, 0.6) is 5.75 Å². The number of sulfonamides is 1. The molecule has 1 amide bonds. The molecule has 47 heavy (non-hydrogen) atoms. The van der Waals surface area contributed by atoms with E-state index in [1.807, 2.05) is 55.5 Å². The zero-order chi connectivity index (χ0) is 32.8. The molecule has 2 bridgehead atoms. The maximum Gasteiger partial charge on any atom is 0.264 e. The van der Waals surface area contributed by atoms with E-state index in [2.05, 4.69) is 21.8 Å². The normalized spacial score (nSPS) is 30.9. The van der Waals surface area contributed by atoms with Crippen molar-refractivity contribution < 1.29 is 23.1 Å². The summed E-state index contributed by atoms with van der Waals surface area (Å²) < 4.78 is 36.9. The van der Waals surface area contributed by atoms with E-state index >= 15 is 0 Å². The van der Waals surface area contributed by atoms with Crippen LogP contribution in [0.3, 0.4) is 0 Å². The van der Waals surface area contributed by atoms with E-state index in [0.717, 1.165) is 48.4 Å². The van der Waals surface area contributed by atoms with Gasteiger partial charge in [0.15, 0.2) is 0 Å². The third-order valence-electron chi connectivity index (χ3n) is 11.1. The van der Waals surface area contributed by atoms with E-state index in [1.54, 1.807) is 18.2 Å². The largest absolute Gasteiger partial charge is 0.490 e.